The van der Waals surface area contributed by atoms with Gasteiger partial charge in [-0.3, -0.25) is 4.98 Å². The Bertz CT molecular complexity index is 642. The summed E-state index contributed by atoms with van der Waals surface area (Å²) in [6.45, 7) is 1.51. The Balaban J connectivity index is 2.25. The Morgan fingerprint density at radius 1 is 1.24 bits per heavy atom. The number of carbonyl (C=O) groups is 1. The number of carbonyl (C=O) groups excluding carboxylic acids is 1. The van der Waals surface area contributed by atoms with Gasteiger partial charge in [-0.25, -0.2) is 14.8 Å². The van der Waals surface area contributed by atoms with Crippen LogP contribution >= 0.6 is 0 Å². The molecule has 0 N–H and O–H groups in total. The van der Waals surface area contributed by atoms with Gasteiger partial charge >= 0.3 is 5.97 Å². The van der Waals surface area contributed by atoms with E-state index >= 15 is 0 Å². The third kappa shape index (κ3) is 4.05. The summed E-state index contributed by atoms with van der Waals surface area (Å²) < 4.78 is 9.80. The molecule has 0 unspecified atom stereocenters. The molecular weight excluding hydrogens is 268 g/mol. The second kappa shape index (κ2) is 5.95. The molecule has 2 aromatic rings. The van der Waals surface area contributed by atoms with Gasteiger partial charge < -0.3 is 9.47 Å². The lowest BCUT2D eigenvalue weighted by molar-refractivity contribution is 0.0593. The SMILES string of the molecule is [B]C([B])(C)Oc1ccc(-c2cncc(C(=O)OC)n2)cn1. The summed E-state index contributed by atoms with van der Waals surface area (Å²) in [5, 5.41) is -1.31. The average molecular weight is 279 g/mol. The predicted molar refractivity (Wildman–Crippen MR) is 77.1 cm³/mol. The molecule has 0 aromatic carbocycles. The number of methoxy groups -OCH3 is 1. The Morgan fingerprint density at radius 2 is 2.00 bits per heavy atom. The van der Waals surface area contributed by atoms with Gasteiger partial charge in [-0.2, -0.15) is 0 Å². The van der Waals surface area contributed by atoms with Crippen molar-refractivity contribution in [3.8, 4) is 17.1 Å². The normalized spacial score (nSPS) is 11.0. The highest BCUT2D eigenvalue weighted by Gasteiger charge is 2.13. The second-order valence-electron chi connectivity index (χ2n) is 4.45. The predicted octanol–water partition coefficient (Wildman–Crippen LogP) is 0.715. The van der Waals surface area contributed by atoms with Crippen LogP contribution in [0.5, 0.6) is 5.88 Å². The summed E-state index contributed by atoms with van der Waals surface area (Å²) in [4.78, 5) is 23.6. The van der Waals surface area contributed by atoms with Gasteiger partial charge in [0.2, 0.25) is 5.88 Å². The topological polar surface area (TPSA) is 74.2 Å². The molecule has 0 aliphatic rings. The molecule has 0 saturated carbocycles. The van der Waals surface area contributed by atoms with E-state index in [4.69, 9.17) is 20.4 Å². The minimum atomic E-state index is -1.31. The monoisotopic (exact) mass is 279 g/mol. The summed E-state index contributed by atoms with van der Waals surface area (Å²) in [5.74, 6) is -0.275. The van der Waals surface area contributed by atoms with E-state index in [2.05, 4.69) is 19.7 Å². The Morgan fingerprint density at radius 3 is 2.57 bits per heavy atom. The lowest BCUT2D eigenvalue weighted by atomic mass is 9.67. The second-order valence-corrected chi connectivity index (χ2v) is 4.45. The van der Waals surface area contributed by atoms with Crippen molar-refractivity contribution in [1.29, 1.82) is 0 Å². The molecule has 0 saturated heterocycles. The molecule has 0 fully saturated rings. The summed E-state index contributed by atoms with van der Waals surface area (Å²) in [6, 6.07) is 3.30. The van der Waals surface area contributed by atoms with E-state index in [0.29, 0.717) is 11.3 Å². The van der Waals surface area contributed by atoms with E-state index in [1.807, 2.05) is 0 Å². The number of nitrogens with zero attached hydrogens (tertiary/aromatic N) is 3. The van der Waals surface area contributed by atoms with Crippen LogP contribution in [0.15, 0.2) is 30.7 Å². The van der Waals surface area contributed by atoms with E-state index < -0.39 is 11.4 Å². The Kier molecular flexibility index (Phi) is 4.26. The number of hydrogen-bond acceptors (Lipinski definition) is 6. The zero-order valence-corrected chi connectivity index (χ0v) is 11.6. The fourth-order valence-corrected chi connectivity index (χ4v) is 1.53. The van der Waals surface area contributed by atoms with Crippen molar-refractivity contribution < 1.29 is 14.3 Å². The molecule has 0 atom stereocenters. The van der Waals surface area contributed by atoms with Gasteiger partial charge in [0, 0.05) is 23.2 Å². The molecule has 0 aliphatic heterocycles. The van der Waals surface area contributed by atoms with Crippen molar-refractivity contribution >= 4 is 21.7 Å². The van der Waals surface area contributed by atoms with E-state index in [9.17, 15) is 4.79 Å². The lowest BCUT2D eigenvalue weighted by Crippen LogP contribution is -2.33. The highest BCUT2D eigenvalue weighted by Crippen LogP contribution is 2.19. The van der Waals surface area contributed by atoms with Crippen molar-refractivity contribution in [3.05, 3.63) is 36.4 Å². The van der Waals surface area contributed by atoms with Crippen molar-refractivity contribution in [2.24, 2.45) is 0 Å². The first-order valence-corrected chi connectivity index (χ1v) is 6.02. The third-order valence-corrected chi connectivity index (χ3v) is 2.39. The molecule has 2 aromatic heterocycles. The fraction of sp³-hybridized carbons (Fsp3) is 0.231. The molecule has 0 aliphatic carbocycles. The third-order valence-electron chi connectivity index (χ3n) is 2.39. The summed E-state index contributed by atoms with van der Waals surface area (Å²) in [7, 11) is 12.3. The molecule has 0 amide bonds. The molecule has 2 rings (SSSR count). The van der Waals surface area contributed by atoms with E-state index in [1.165, 1.54) is 32.6 Å². The van der Waals surface area contributed by atoms with Gasteiger partial charge in [-0.05, 0) is 13.0 Å². The molecular formula is C13H11B2N3O3. The van der Waals surface area contributed by atoms with Crippen LogP contribution in [0.4, 0.5) is 0 Å². The first kappa shape index (κ1) is 15.0. The number of hydrogen-bond donors (Lipinski definition) is 0. The van der Waals surface area contributed by atoms with Gasteiger partial charge in [0.1, 0.15) is 15.7 Å². The van der Waals surface area contributed by atoms with Gasteiger partial charge in [0.25, 0.3) is 0 Å². The first-order chi connectivity index (χ1) is 9.89. The summed E-state index contributed by atoms with van der Waals surface area (Å²) in [6.07, 6.45) is 4.36. The van der Waals surface area contributed by atoms with Gasteiger partial charge in [-0.1, -0.05) is 0 Å². The smallest absolute Gasteiger partial charge is 0.358 e. The number of pyridine rings is 1. The largest absolute Gasteiger partial charge is 0.492 e. The maximum absolute atomic E-state index is 11.4. The molecule has 102 valence electrons. The molecule has 6 nitrogen and oxygen atoms in total. The van der Waals surface area contributed by atoms with Crippen LogP contribution in [0, 0.1) is 0 Å². The average Bonchev–Trinajstić information content (AvgIpc) is 2.45. The van der Waals surface area contributed by atoms with Crippen molar-refractivity contribution in [2.75, 3.05) is 7.11 Å². The number of esters is 1. The van der Waals surface area contributed by atoms with Crippen LogP contribution in [0.3, 0.4) is 0 Å². The van der Waals surface area contributed by atoms with Gasteiger partial charge in [0.05, 0.1) is 25.2 Å². The zero-order valence-electron chi connectivity index (χ0n) is 11.6. The van der Waals surface area contributed by atoms with Gasteiger partial charge in [-0.15, -0.1) is 0 Å². The van der Waals surface area contributed by atoms with Crippen LogP contribution in [0.2, 0.25) is 0 Å². The van der Waals surface area contributed by atoms with E-state index in [1.54, 1.807) is 12.1 Å². The van der Waals surface area contributed by atoms with Gasteiger partial charge in [0.15, 0.2) is 5.69 Å². The minimum absolute atomic E-state index is 0.117. The van der Waals surface area contributed by atoms with Crippen LogP contribution in [-0.4, -0.2) is 49.1 Å². The van der Waals surface area contributed by atoms with E-state index in [-0.39, 0.29) is 11.6 Å². The van der Waals surface area contributed by atoms with Crippen molar-refractivity contribution in [3.63, 3.8) is 0 Å². The molecule has 8 heteroatoms. The van der Waals surface area contributed by atoms with E-state index in [0.717, 1.165) is 0 Å². The molecule has 2 heterocycles. The van der Waals surface area contributed by atoms with Crippen LogP contribution < -0.4 is 4.74 Å². The maximum atomic E-state index is 11.4. The molecule has 4 radical (unpaired) electrons. The molecule has 0 bridgehead atoms. The summed E-state index contributed by atoms with van der Waals surface area (Å²) in [5.41, 5.74) is 1.27. The Labute approximate surface area is 124 Å². The number of rotatable bonds is 4. The zero-order chi connectivity index (χ0) is 15.5. The molecule has 21 heavy (non-hydrogen) atoms. The fourth-order valence-electron chi connectivity index (χ4n) is 1.53. The van der Waals surface area contributed by atoms with Crippen LogP contribution in [0.1, 0.15) is 17.4 Å². The number of ether oxygens (including phenoxy) is 2. The standard InChI is InChI=1S/C13H11B2N3O3/c1-13(14,15)21-11-4-3-8(5-17-11)9-6-16-7-10(18-9)12(19)20-2/h3-7H,1-2H3. The highest BCUT2D eigenvalue weighted by atomic mass is 16.5. The lowest BCUT2D eigenvalue weighted by Gasteiger charge is -2.21. The van der Waals surface area contributed by atoms with Crippen molar-refractivity contribution in [1.82, 2.24) is 15.0 Å². The maximum Gasteiger partial charge on any atom is 0.358 e. The quantitative estimate of drug-likeness (QED) is 0.606. The van der Waals surface area contributed by atoms with Crippen LogP contribution in [-0.2, 0) is 4.74 Å². The van der Waals surface area contributed by atoms with Crippen molar-refractivity contribution in [2.45, 2.75) is 12.3 Å². The Hall–Kier alpha value is -2.37. The minimum Gasteiger partial charge on any atom is -0.492 e. The molecule has 0 spiro atoms. The highest BCUT2D eigenvalue weighted by molar-refractivity contribution is 6.38. The first-order valence-electron chi connectivity index (χ1n) is 6.02. The number of aromatic nitrogens is 3. The summed E-state index contributed by atoms with van der Waals surface area (Å²) >= 11 is 0. The van der Waals surface area contributed by atoms with Crippen LogP contribution in [0.25, 0.3) is 11.3 Å².